The number of carbonyl (C=O) groups is 1. The van der Waals surface area contributed by atoms with Crippen molar-refractivity contribution in [1.82, 2.24) is 9.97 Å². The molecule has 0 saturated carbocycles. The third-order valence-electron chi connectivity index (χ3n) is 2.55. The molecule has 20 heavy (non-hydrogen) atoms. The number of anilines is 2. The molecule has 0 spiro atoms. The van der Waals surface area contributed by atoms with Crippen molar-refractivity contribution in [2.75, 3.05) is 5.32 Å². The number of nitrogens with one attached hydrogen (secondary N) is 1. The predicted octanol–water partition coefficient (Wildman–Crippen LogP) is 2.24. The molecular formula is C13H9FN4O2. The number of aromatic nitrogens is 2. The number of halogens is 1. The molecule has 0 aliphatic rings. The van der Waals surface area contributed by atoms with Gasteiger partial charge in [-0.1, -0.05) is 0 Å². The van der Waals surface area contributed by atoms with Crippen molar-refractivity contribution >= 4 is 17.6 Å². The van der Waals surface area contributed by atoms with Gasteiger partial charge in [-0.15, -0.1) is 0 Å². The molecule has 1 aromatic carbocycles. The van der Waals surface area contributed by atoms with Gasteiger partial charge in [0.1, 0.15) is 5.82 Å². The number of carboxylic acid groups (broad SMARTS) is 1. The van der Waals surface area contributed by atoms with Crippen molar-refractivity contribution in [2.45, 2.75) is 6.92 Å². The van der Waals surface area contributed by atoms with Gasteiger partial charge in [0, 0.05) is 6.20 Å². The Hall–Kier alpha value is -3.01. The van der Waals surface area contributed by atoms with E-state index in [0.717, 1.165) is 12.3 Å². The first-order valence-electron chi connectivity index (χ1n) is 5.55. The highest BCUT2D eigenvalue weighted by atomic mass is 19.1. The summed E-state index contributed by atoms with van der Waals surface area (Å²) in [5, 5.41) is 20.1. The lowest BCUT2D eigenvalue weighted by Crippen LogP contribution is -2.06. The van der Waals surface area contributed by atoms with Gasteiger partial charge in [0.05, 0.1) is 28.6 Å². The summed E-state index contributed by atoms with van der Waals surface area (Å²) >= 11 is 0. The predicted molar refractivity (Wildman–Crippen MR) is 68.1 cm³/mol. The summed E-state index contributed by atoms with van der Waals surface area (Å²) in [6.45, 7) is 1.52. The molecule has 0 radical (unpaired) electrons. The van der Waals surface area contributed by atoms with Crippen LogP contribution in [0.25, 0.3) is 0 Å². The van der Waals surface area contributed by atoms with Crippen molar-refractivity contribution in [3.8, 4) is 6.07 Å². The number of nitrogens with zero attached hydrogens (tertiary/aromatic N) is 3. The maximum absolute atomic E-state index is 13.7. The molecule has 0 atom stereocenters. The van der Waals surface area contributed by atoms with E-state index in [1.165, 1.54) is 19.1 Å². The summed E-state index contributed by atoms with van der Waals surface area (Å²) in [4.78, 5) is 18.6. The van der Waals surface area contributed by atoms with Crippen molar-refractivity contribution < 1.29 is 14.3 Å². The second-order valence-corrected chi connectivity index (χ2v) is 3.93. The maximum Gasteiger partial charge on any atom is 0.339 e. The monoisotopic (exact) mass is 272 g/mol. The molecule has 0 fully saturated rings. The second-order valence-electron chi connectivity index (χ2n) is 3.93. The molecule has 2 rings (SSSR count). The first kappa shape index (κ1) is 13.4. The normalized spacial score (nSPS) is 9.85. The summed E-state index contributed by atoms with van der Waals surface area (Å²) < 4.78 is 13.7. The van der Waals surface area contributed by atoms with Crippen LogP contribution in [0.1, 0.15) is 21.6 Å². The highest BCUT2D eigenvalue weighted by Gasteiger charge is 2.11. The van der Waals surface area contributed by atoms with Crippen LogP contribution in [0.5, 0.6) is 0 Å². The van der Waals surface area contributed by atoms with E-state index < -0.39 is 11.8 Å². The van der Waals surface area contributed by atoms with Gasteiger partial charge < -0.3 is 10.4 Å². The van der Waals surface area contributed by atoms with Crippen LogP contribution < -0.4 is 5.32 Å². The van der Waals surface area contributed by atoms with Gasteiger partial charge in [-0.2, -0.15) is 5.26 Å². The molecule has 2 N–H and O–H groups in total. The van der Waals surface area contributed by atoms with Crippen molar-refractivity contribution in [1.29, 1.82) is 5.26 Å². The Morgan fingerprint density at radius 3 is 2.80 bits per heavy atom. The summed E-state index contributed by atoms with van der Waals surface area (Å²) in [7, 11) is 0. The molecule has 0 unspecified atom stereocenters. The number of hydrogen-bond donors (Lipinski definition) is 2. The van der Waals surface area contributed by atoms with E-state index in [-0.39, 0.29) is 28.5 Å². The third kappa shape index (κ3) is 2.70. The van der Waals surface area contributed by atoms with E-state index in [0.29, 0.717) is 0 Å². The van der Waals surface area contributed by atoms with Gasteiger partial charge >= 0.3 is 5.97 Å². The number of rotatable bonds is 3. The second kappa shape index (κ2) is 5.32. The number of nitriles is 1. The molecular weight excluding hydrogens is 263 g/mol. The van der Waals surface area contributed by atoms with Gasteiger partial charge in [0.2, 0.25) is 5.95 Å². The van der Waals surface area contributed by atoms with Crippen LogP contribution >= 0.6 is 0 Å². The Kier molecular flexibility index (Phi) is 3.57. The molecule has 0 aliphatic carbocycles. The molecule has 1 aromatic heterocycles. The first-order valence-corrected chi connectivity index (χ1v) is 5.55. The zero-order chi connectivity index (χ0) is 14.7. The van der Waals surface area contributed by atoms with Crippen LogP contribution in [0.3, 0.4) is 0 Å². The van der Waals surface area contributed by atoms with Gasteiger partial charge in [0.15, 0.2) is 0 Å². The van der Waals surface area contributed by atoms with E-state index in [1.807, 2.05) is 6.07 Å². The maximum atomic E-state index is 13.7. The minimum atomic E-state index is -1.13. The fraction of sp³-hybridized carbons (Fsp3) is 0.0769. The topological polar surface area (TPSA) is 98.9 Å². The minimum Gasteiger partial charge on any atom is -0.478 e. The summed E-state index contributed by atoms with van der Waals surface area (Å²) in [6.07, 6.45) is 1.15. The average molecular weight is 272 g/mol. The fourth-order valence-electron chi connectivity index (χ4n) is 1.54. The lowest BCUT2D eigenvalue weighted by atomic mass is 10.2. The number of benzene rings is 1. The highest BCUT2D eigenvalue weighted by molar-refractivity contribution is 5.88. The van der Waals surface area contributed by atoms with Gasteiger partial charge in [-0.25, -0.2) is 19.2 Å². The Morgan fingerprint density at radius 2 is 2.25 bits per heavy atom. The van der Waals surface area contributed by atoms with E-state index in [9.17, 15) is 9.18 Å². The fourth-order valence-corrected chi connectivity index (χ4v) is 1.54. The Bertz CT molecular complexity index is 725. The Balaban J connectivity index is 2.29. The molecule has 0 amide bonds. The number of aromatic carboxylic acids is 1. The molecule has 7 heteroatoms. The SMILES string of the molecule is Cc1nc(Nc2ccc(C#N)cc2F)ncc1C(=O)O. The van der Waals surface area contributed by atoms with Crippen LogP contribution in [0.2, 0.25) is 0 Å². The highest BCUT2D eigenvalue weighted by Crippen LogP contribution is 2.19. The van der Waals surface area contributed by atoms with E-state index in [1.54, 1.807) is 0 Å². The quantitative estimate of drug-likeness (QED) is 0.888. The van der Waals surface area contributed by atoms with Crippen LogP contribution in [0.15, 0.2) is 24.4 Å². The number of aryl methyl sites for hydroxylation is 1. The molecule has 1 heterocycles. The van der Waals surface area contributed by atoms with Gasteiger partial charge in [-0.3, -0.25) is 0 Å². The van der Waals surface area contributed by atoms with E-state index in [4.69, 9.17) is 10.4 Å². The number of hydrogen-bond acceptors (Lipinski definition) is 5. The van der Waals surface area contributed by atoms with Gasteiger partial charge in [-0.05, 0) is 25.1 Å². The van der Waals surface area contributed by atoms with Crippen LogP contribution in [-0.4, -0.2) is 21.0 Å². The largest absolute Gasteiger partial charge is 0.478 e. The van der Waals surface area contributed by atoms with Crippen molar-refractivity contribution in [2.24, 2.45) is 0 Å². The average Bonchev–Trinajstić information content (AvgIpc) is 2.40. The molecule has 0 saturated heterocycles. The van der Waals surface area contributed by atoms with Crippen molar-refractivity contribution in [3.63, 3.8) is 0 Å². The standard InChI is InChI=1S/C13H9FN4O2/c1-7-9(12(19)20)6-16-13(17-7)18-11-3-2-8(5-15)4-10(11)14/h2-4,6H,1H3,(H,19,20)(H,16,17,18). The molecule has 100 valence electrons. The van der Waals surface area contributed by atoms with E-state index >= 15 is 0 Å². The summed E-state index contributed by atoms with van der Waals surface area (Å²) in [5.41, 5.74) is 0.553. The van der Waals surface area contributed by atoms with Crippen LogP contribution in [0, 0.1) is 24.1 Å². The molecule has 6 nitrogen and oxygen atoms in total. The molecule has 0 aliphatic heterocycles. The Labute approximate surface area is 113 Å². The van der Waals surface area contributed by atoms with Crippen LogP contribution in [0.4, 0.5) is 16.0 Å². The van der Waals surface area contributed by atoms with Crippen molar-refractivity contribution in [3.05, 3.63) is 47.0 Å². The minimum absolute atomic E-state index is 0.0177. The smallest absolute Gasteiger partial charge is 0.339 e. The first-order chi connectivity index (χ1) is 9.51. The summed E-state index contributed by atoms with van der Waals surface area (Å²) in [5.74, 6) is -1.66. The van der Waals surface area contributed by atoms with Crippen LogP contribution in [-0.2, 0) is 0 Å². The number of carboxylic acids is 1. The van der Waals surface area contributed by atoms with Gasteiger partial charge in [0.25, 0.3) is 0 Å². The zero-order valence-electron chi connectivity index (χ0n) is 10.4. The molecule has 2 aromatic rings. The summed E-state index contributed by atoms with van der Waals surface area (Å²) in [6, 6.07) is 5.74. The van der Waals surface area contributed by atoms with E-state index in [2.05, 4.69) is 15.3 Å². The molecule has 0 bridgehead atoms. The lowest BCUT2D eigenvalue weighted by molar-refractivity contribution is 0.0695. The third-order valence-corrected chi connectivity index (χ3v) is 2.55. The lowest BCUT2D eigenvalue weighted by Gasteiger charge is -2.07. The zero-order valence-corrected chi connectivity index (χ0v) is 10.4. The Morgan fingerprint density at radius 1 is 1.50 bits per heavy atom.